The van der Waals surface area contributed by atoms with Crippen LogP contribution in [0.4, 0.5) is 0 Å². The molecule has 6 nitrogen and oxygen atoms in total. The highest BCUT2D eigenvalue weighted by Crippen LogP contribution is 2.42. The Balaban J connectivity index is 1.10. The van der Waals surface area contributed by atoms with Crippen molar-refractivity contribution in [3.8, 4) is 39.9 Å². The van der Waals surface area contributed by atoms with E-state index in [-0.39, 0.29) is 0 Å². The van der Waals surface area contributed by atoms with Crippen LogP contribution in [0.25, 0.3) is 106 Å². The van der Waals surface area contributed by atoms with Crippen LogP contribution in [0.15, 0.2) is 160 Å². The fourth-order valence-corrected chi connectivity index (χ4v) is 8.14. The summed E-state index contributed by atoms with van der Waals surface area (Å²) in [6.07, 6.45) is 3.39. The van der Waals surface area contributed by atoms with Crippen LogP contribution < -0.4 is 0 Å². The van der Waals surface area contributed by atoms with E-state index in [2.05, 4.69) is 115 Å². The zero-order valence-corrected chi connectivity index (χ0v) is 30.2. The molecule has 0 aliphatic carbocycles. The molecule has 0 atom stereocenters. The van der Waals surface area contributed by atoms with Gasteiger partial charge in [0, 0.05) is 49.1 Å². The Morgan fingerprint density at radius 1 is 0.491 bits per heavy atom. The third kappa shape index (κ3) is 5.06. The number of benzene rings is 7. The van der Waals surface area contributed by atoms with Crippen molar-refractivity contribution in [1.82, 2.24) is 19.5 Å². The number of fused-ring (bicyclic) bond motifs is 10. The number of hydrogen-bond donors (Lipinski definition) is 0. The molecule has 0 aliphatic heterocycles. The number of unbranched alkanes of at least 4 members (excludes halogenated alkanes) is 1. The van der Waals surface area contributed by atoms with E-state index in [1.54, 1.807) is 0 Å². The predicted octanol–water partition coefficient (Wildman–Crippen LogP) is 13.1. The minimum atomic E-state index is 0.568. The van der Waals surface area contributed by atoms with E-state index in [1.165, 1.54) is 23.8 Å². The Kier molecular flexibility index (Phi) is 7.17. The van der Waals surface area contributed by atoms with Crippen molar-refractivity contribution >= 4 is 65.7 Å². The van der Waals surface area contributed by atoms with Gasteiger partial charge in [0.05, 0.1) is 16.6 Å². The van der Waals surface area contributed by atoms with E-state index in [1.807, 2.05) is 48.5 Å². The van der Waals surface area contributed by atoms with Gasteiger partial charge in [0.2, 0.25) is 0 Å². The van der Waals surface area contributed by atoms with Crippen LogP contribution in [0.3, 0.4) is 0 Å². The lowest BCUT2D eigenvalue weighted by atomic mass is 10.1. The maximum atomic E-state index is 6.71. The smallest absolute Gasteiger partial charge is 0.167 e. The molecule has 0 saturated carbocycles. The van der Waals surface area contributed by atoms with Crippen LogP contribution in [0.2, 0.25) is 0 Å². The average Bonchev–Trinajstić information content (AvgIpc) is 3.93. The highest BCUT2D eigenvalue weighted by Gasteiger charge is 2.21. The summed E-state index contributed by atoms with van der Waals surface area (Å²) >= 11 is 0. The number of furan rings is 2. The van der Waals surface area contributed by atoms with E-state index in [0.29, 0.717) is 17.5 Å². The van der Waals surface area contributed by atoms with Crippen LogP contribution in [0.1, 0.15) is 25.3 Å². The van der Waals surface area contributed by atoms with E-state index < -0.39 is 0 Å². The molecular formula is C49H34N4O2. The van der Waals surface area contributed by atoms with E-state index in [9.17, 15) is 0 Å². The fourth-order valence-electron chi connectivity index (χ4n) is 8.14. The number of rotatable bonds is 7. The predicted molar refractivity (Wildman–Crippen MR) is 224 cm³/mol. The van der Waals surface area contributed by atoms with Gasteiger partial charge in [-0.3, -0.25) is 0 Å². The summed E-state index contributed by atoms with van der Waals surface area (Å²) in [5.74, 6) is 1.82. The second kappa shape index (κ2) is 12.5. The lowest BCUT2D eigenvalue weighted by Crippen LogP contribution is -2.00. The maximum absolute atomic E-state index is 6.71. The summed E-state index contributed by atoms with van der Waals surface area (Å²) in [5.41, 5.74) is 10.5. The first kappa shape index (κ1) is 31.5. The molecule has 0 spiro atoms. The van der Waals surface area contributed by atoms with Crippen LogP contribution in [0.5, 0.6) is 0 Å². The van der Waals surface area contributed by atoms with Gasteiger partial charge in [-0.1, -0.05) is 123 Å². The van der Waals surface area contributed by atoms with Crippen LogP contribution in [-0.4, -0.2) is 19.5 Å². The van der Waals surface area contributed by atoms with Crippen molar-refractivity contribution in [1.29, 1.82) is 0 Å². The van der Waals surface area contributed by atoms with Gasteiger partial charge in [-0.2, -0.15) is 0 Å². The Morgan fingerprint density at radius 3 is 1.98 bits per heavy atom. The minimum absolute atomic E-state index is 0.568. The molecule has 0 amide bonds. The zero-order chi connectivity index (χ0) is 36.5. The third-order valence-corrected chi connectivity index (χ3v) is 10.9. The topological polar surface area (TPSA) is 69.9 Å². The first-order chi connectivity index (χ1) is 27.2. The van der Waals surface area contributed by atoms with Gasteiger partial charge in [0.1, 0.15) is 16.7 Å². The molecule has 0 radical (unpaired) electrons. The molecule has 0 bridgehead atoms. The summed E-state index contributed by atoms with van der Waals surface area (Å²) in [4.78, 5) is 15.1. The van der Waals surface area contributed by atoms with E-state index in [0.717, 1.165) is 89.1 Å². The standard InChI is InChI=1S/C49H34N4O2/c1-2-3-12-30-21-23-32(24-22-30)48-50-47(31-13-5-4-6-14-31)51-49(52-48)39-18-11-17-37-40-29-33(25-28-43(40)54-45(37)39)53-41-19-9-7-15-34(41)36-26-27-38-35-16-8-10-20-42(35)55-46(38)44(36)53/h4-11,13-29H,2-3,12H2,1H3. The molecule has 4 aromatic heterocycles. The van der Waals surface area contributed by atoms with Crippen LogP contribution in [-0.2, 0) is 6.42 Å². The summed E-state index contributed by atoms with van der Waals surface area (Å²) in [7, 11) is 0. The van der Waals surface area contributed by atoms with Crippen molar-refractivity contribution in [2.45, 2.75) is 26.2 Å². The summed E-state index contributed by atoms with van der Waals surface area (Å²) < 4.78 is 15.7. The fraction of sp³-hybridized carbons (Fsp3) is 0.0816. The van der Waals surface area contributed by atoms with Crippen molar-refractivity contribution in [3.63, 3.8) is 0 Å². The summed E-state index contributed by atoms with van der Waals surface area (Å²) in [6, 6.07) is 52.6. The highest BCUT2D eigenvalue weighted by atomic mass is 16.3. The Morgan fingerprint density at radius 2 is 1.15 bits per heavy atom. The molecular weight excluding hydrogens is 677 g/mol. The van der Waals surface area contributed by atoms with Crippen molar-refractivity contribution in [2.24, 2.45) is 0 Å². The lowest BCUT2D eigenvalue weighted by molar-refractivity contribution is 0.669. The molecule has 0 aliphatic rings. The molecule has 11 aromatic rings. The number of aromatic nitrogens is 4. The molecule has 0 N–H and O–H groups in total. The number of para-hydroxylation sites is 3. The number of nitrogens with zero attached hydrogens (tertiary/aromatic N) is 4. The monoisotopic (exact) mass is 710 g/mol. The van der Waals surface area contributed by atoms with Gasteiger partial charge in [0.25, 0.3) is 0 Å². The second-order valence-electron chi connectivity index (χ2n) is 14.2. The van der Waals surface area contributed by atoms with Crippen molar-refractivity contribution < 1.29 is 8.83 Å². The molecule has 11 rings (SSSR count). The molecule has 262 valence electrons. The van der Waals surface area contributed by atoms with Gasteiger partial charge < -0.3 is 13.4 Å². The highest BCUT2D eigenvalue weighted by molar-refractivity contribution is 6.21. The SMILES string of the molecule is CCCCc1ccc(-c2nc(-c3ccccc3)nc(-c3cccc4c3oc3ccc(-n5c6ccccc6c6ccc7c8ccccc8oc7c65)cc34)n2)cc1. The lowest BCUT2D eigenvalue weighted by Gasteiger charge is -2.09. The molecule has 0 unspecified atom stereocenters. The molecule has 7 aromatic carbocycles. The molecule has 6 heteroatoms. The number of hydrogen-bond acceptors (Lipinski definition) is 5. The average molecular weight is 711 g/mol. The first-order valence-corrected chi connectivity index (χ1v) is 18.9. The summed E-state index contributed by atoms with van der Waals surface area (Å²) in [6.45, 7) is 2.22. The van der Waals surface area contributed by atoms with Gasteiger partial charge in [0.15, 0.2) is 23.1 Å². The van der Waals surface area contributed by atoms with Gasteiger partial charge >= 0.3 is 0 Å². The Hall–Kier alpha value is -7.05. The van der Waals surface area contributed by atoms with Crippen molar-refractivity contribution in [3.05, 3.63) is 157 Å². The maximum Gasteiger partial charge on any atom is 0.167 e. The van der Waals surface area contributed by atoms with Crippen LogP contribution in [0, 0.1) is 0 Å². The number of aryl methyl sites for hydroxylation is 1. The largest absolute Gasteiger partial charge is 0.455 e. The normalized spacial score (nSPS) is 11.9. The molecule has 0 saturated heterocycles. The zero-order valence-electron chi connectivity index (χ0n) is 30.2. The minimum Gasteiger partial charge on any atom is -0.455 e. The molecule has 4 heterocycles. The first-order valence-electron chi connectivity index (χ1n) is 18.9. The quantitative estimate of drug-likeness (QED) is 0.165. The molecule has 55 heavy (non-hydrogen) atoms. The van der Waals surface area contributed by atoms with Gasteiger partial charge in [-0.25, -0.2) is 15.0 Å². The van der Waals surface area contributed by atoms with E-state index in [4.69, 9.17) is 23.8 Å². The Labute approximate surface area is 316 Å². The third-order valence-electron chi connectivity index (χ3n) is 10.9. The molecule has 0 fully saturated rings. The second-order valence-corrected chi connectivity index (χ2v) is 14.2. The Bertz CT molecular complexity index is 3240. The van der Waals surface area contributed by atoms with Gasteiger partial charge in [-0.15, -0.1) is 0 Å². The van der Waals surface area contributed by atoms with Crippen LogP contribution >= 0.6 is 0 Å². The van der Waals surface area contributed by atoms with E-state index >= 15 is 0 Å². The van der Waals surface area contributed by atoms with Crippen molar-refractivity contribution in [2.75, 3.05) is 0 Å². The summed E-state index contributed by atoms with van der Waals surface area (Å²) in [5, 5.41) is 6.54. The van der Waals surface area contributed by atoms with Gasteiger partial charge in [-0.05, 0) is 60.9 Å².